The van der Waals surface area contributed by atoms with Gasteiger partial charge in [-0.15, -0.1) is 0 Å². The van der Waals surface area contributed by atoms with Crippen molar-refractivity contribution in [2.24, 2.45) is 5.92 Å². The van der Waals surface area contributed by atoms with E-state index in [1.807, 2.05) is 0 Å². The first-order valence-electron chi connectivity index (χ1n) is 6.11. The molecule has 15 heavy (non-hydrogen) atoms. The summed E-state index contributed by atoms with van der Waals surface area (Å²) in [6.45, 7) is 5.57. The van der Waals surface area contributed by atoms with Gasteiger partial charge < -0.3 is 5.32 Å². The summed E-state index contributed by atoms with van der Waals surface area (Å²) >= 11 is 0. The Morgan fingerprint density at radius 2 is 1.93 bits per heavy atom. The van der Waals surface area contributed by atoms with E-state index in [0.717, 1.165) is 12.5 Å². The Balaban J connectivity index is 2.12. The molecule has 1 saturated carbocycles. The third-order valence-electron chi connectivity index (χ3n) is 3.38. The molecular formula is C14H21N. The molecular weight excluding hydrogens is 182 g/mol. The van der Waals surface area contributed by atoms with Gasteiger partial charge in [-0.25, -0.2) is 0 Å². The molecule has 0 heterocycles. The van der Waals surface area contributed by atoms with E-state index in [2.05, 4.69) is 49.5 Å². The Hall–Kier alpha value is -0.820. The molecule has 2 unspecified atom stereocenters. The molecule has 0 saturated heterocycles. The van der Waals surface area contributed by atoms with E-state index in [-0.39, 0.29) is 0 Å². The number of rotatable bonds is 5. The van der Waals surface area contributed by atoms with E-state index < -0.39 is 0 Å². The van der Waals surface area contributed by atoms with Gasteiger partial charge in [0.1, 0.15) is 0 Å². The molecule has 1 fully saturated rings. The van der Waals surface area contributed by atoms with Crippen LogP contribution in [0.3, 0.4) is 0 Å². The molecule has 1 heteroatoms. The summed E-state index contributed by atoms with van der Waals surface area (Å²) in [5.74, 6) is 1.63. The second kappa shape index (κ2) is 4.80. The van der Waals surface area contributed by atoms with Crippen molar-refractivity contribution in [2.75, 3.05) is 6.54 Å². The summed E-state index contributed by atoms with van der Waals surface area (Å²) in [6.07, 6.45) is 2.82. The monoisotopic (exact) mass is 203 g/mol. The maximum Gasteiger partial charge on any atom is 0.0110 e. The van der Waals surface area contributed by atoms with Gasteiger partial charge in [0.25, 0.3) is 0 Å². The molecule has 0 amide bonds. The lowest BCUT2D eigenvalue weighted by Crippen LogP contribution is -2.33. The van der Waals surface area contributed by atoms with Crippen LogP contribution in [0.2, 0.25) is 0 Å². The minimum Gasteiger partial charge on any atom is -0.314 e. The van der Waals surface area contributed by atoms with E-state index in [0.29, 0.717) is 12.0 Å². The smallest absolute Gasteiger partial charge is 0.0110 e. The summed E-state index contributed by atoms with van der Waals surface area (Å²) in [4.78, 5) is 0. The topological polar surface area (TPSA) is 12.0 Å². The molecule has 82 valence electrons. The maximum atomic E-state index is 3.57. The molecule has 2 rings (SSSR count). The fourth-order valence-electron chi connectivity index (χ4n) is 2.55. The number of hydrogen-bond acceptors (Lipinski definition) is 1. The first-order valence-corrected chi connectivity index (χ1v) is 6.11. The molecule has 1 aliphatic rings. The highest BCUT2D eigenvalue weighted by atomic mass is 14.9. The van der Waals surface area contributed by atoms with E-state index >= 15 is 0 Å². The highest BCUT2D eigenvalue weighted by Crippen LogP contribution is 2.44. The van der Waals surface area contributed by atoms with Gasteiger partial charge in [0.2, 0.25) is 0 Å². The quantitative estimate of drug-likeness (QED) is 0.775. The molecule has 1 aromatic rings. The standard InChI is InChI=1S/C14H21N/c1-3-15-11(2)14(13-9-10-13)12-7-5-4-6-8-12/h4-8,11,13-15H,3,9-10H2,1-2H3. The van der Waals surface area contributed by atoms with Crippen molar-refractivity contribution in [1.82, 2.24) is 5.32 Å². The molecule has 1 nitrogen and oxygen atoms in total. The zero-order valence-electron chi connectivity index (χ0n) is 9.74. The average molecular weight is 203 g/mol. The van der Waals surface area contributed by atoms with Crippen molar-refractivity contribution in [2.45, 2.75) is 38.6 Å². The summed E-state index contributed by atoms with van der Waals surface area (Å²) < 4.78 is 0. The first kappa shape index (κ1) is 10.7. The Kier molecular flexibility index (Phi) is 3.42. The zero-order chi connectivity index (χ0) is 10.7. The highest BCUT2D eigenvalue weighted by molar-refractivity contribution is 5.23. The van der Waals surface area contributed by atoms with Crippen molar-refractivity contribution in [3.63, 3.8) is 0 Å². The van der Waals surface area contributed by atoms with Crippen LogP contribution in [0.5, 0.6) is 0 Å². The van der Waals surface area contributed by atoms with E-state index in [1.54, 1.807) is 0 Å². The van der Waals surface area contributed by atoms with Gasteiger partial charge in [0.15, 0.2) is 0 Å². The Morgan fingerprint density at radius 3 is 2.47 bits per heavy atom. The Bertz CT molecular complexity index is 289. The summed E-state index contributed by atoms with van der Waals surface area (Å²) in [6, 6.07) is 11.6. The number of nitrogens with one attached hydrogen (secondary N) is 1. The molecule has 0 bridgehead atoms. The van der Waals surface area contributed by atoms with Crippen molar-refractivity contribution in [3.05, 3.63) is 35.9 Å². The first-order chi connectivity index (χ1) is 7.33. The molecule has 1 N–H and O–H groups in total. The lowest BCUT2D eigenvalue weighted by Gasteiger charge is -2.25. The zero-order valence-corrected chi connectivity index (χ0v) is 9.74. The minimum atomic E-state index is 0.602. The van der Waals surface area contributed by atoms with Gasteiger partial charge in [0, 0.05) is 12.0 Å². The van der Waals surface area contributed by atoms with Gasteiger partial charge in [0.05, 0.1) is 0 Å². The summed E-state index contributed by atoms with van der Waals surface area (Å²) in [5, 5.41) is 3.57. The lowest BCUT2D eigenvalue weighted by atomic mass is 9.88. The van der Waals surface area contributed by atoms with Crippen molar-refractivity contribution >= 4 is 0 Å². The van der Waals surface area contributed by atoms with Crippen LogP contribution in [0.25, 0.3) is 0 Å². The second-order valence-corrected chi connectivity index (χ2v) is 4.62. The van der Waals surface area contributed by atoms with Crippen molar-refractivity contribution < 1.29 is 0 Å². The van der Waals surface area contributed by atoms with Crippen LogP contribution < -0.4 is 5.32 Å². The number of benzene rings is 1. The second-order valence-electron chi connectivity index (χ2n) is 4.62. The van der Waals surface area contributed by atoms with Crippen LogP contribution in [0.15, 0.2) is 30.3 Å². The van der Waals surface area contributed by atoms with Gasteiger partial charge in [-0.1, -0.05) is 37.3 Å². The number of hydrogen-bond donors (Lipinski definition) is 1. The molecule has 0 aromatic heterocycles. The van der Waals surface area contributed by atoms with Crippen LogP contribution in [-0.4, -0.2) is 12.6 Å². The summed E-state index contributed by atoms with van der Waals surface area (Å²) in [7, 11) is 0. The predicted molar refractivity (Wildman–Crippen MR) is 65.0 cm³/mol. The molecule has 0 aliphatic heterocycles. The average Bonchev–Trinajstić information content (AvgIpc) is 3.04. The van der Waals surface area contributed by atoms with Crippen molar-refractivity contribution in [1.29, 1.82) is 0 Å². The van der Waals surface area contributed by atoms with Crippen molar-refractivity contribution in [3.8, 4) is 0 Å². The third-order valence-corrected chi connectivity index (χ3v) is 3.38. The normalized spacial score (nSPS) is 19.9. The SMILES string of the molecule is CCNC(C)C(c1ccccc1)C1CC1. The van der Waals surface area contributed by atoms with Crippen LogP contribution in [0.4, 0.5) is 0 Å². The van der Waals surface area contributed by atoms with Crippen LogP contribution in [0, 0.1) is 5.92 Å². The number of likely N-dealkylation sites (N-methyl/N-ethyl adjacent to an activating group) is 1. The Morgan fingerprint density at radius 1 is 1.27 bits per heavy atom. The van der Waals surface area contributed by atoms with Gasteiger partial charge in [-0.05, 0) is 37.8 Å². The minimum absolute atomic E-state index is 0.602. The van der Waals surface area contributed by atoms with Gasteiger partial charge in [-0.2, -0.15) is 0 Å². The van der Waals surface area contributed by atoms with Gasteiger partial charge >= 0.3 is 0 Å². The van der Waals surface area contributed by atoms with Crippen LogP contribution in [-0.2, 0) is 0 Å². The molecule has 1 aromatic carbocycles. The van der Waals surface area contributed by atoms with Crippen LogP contribution in [0.1, 0.15) is 38.2 Å². The molecule has 2 atom stereocenters. The van der Waals surface area contributed by atoms with E-state index in [9.17, 15) is 0 Å². The highest BCUT2D eigenvalue weighted by Gasteiger charge is 2.35. The Labute approximate surface area is 92.9 Å². The largest absolute Gasteiger partial charge is 0.314 e. The van der Waals surface area contributed by atoms with E-state index in [1.165, 1.54) is 18.4 Å². The summed E-state index contributed by atoms with van der Waals surface area (Å²) in [5.41, 5.74) is 1.51. The molecule has 0 radical (unpaired) electrons. The fourth-order valence-corrected chi connectivity index (χ4v) is 2.55. The fraction of sp³-hybridized carbons (Fsp3) is 0.571. The van der Waals surface area contributed by atoms with E-state index in [4.69, 9.17) is 0 Å². The lowest BCUT2D eigenvalue weighted by molar-refractivity contribution is 0.433. The third kappa shape index (κ3) is 2.60. The predicted octanol–water partition coefficient (Wildman–Crippen LogP) is 3.18. The van der Waals surface area contributed by atoms with Crippen LogP contribution >= 0.6 is 0 Å². The molecule has 0 spiro atoms. The van der Waals surface area contributed by atoms with Gasteiger partial charge in [-0.3, -0.25) is 0 Å². The molecule has 1 aliphatic carbocycles. The maximum absolute atomic E-state index is 3.57.